The van der Waals surface area contributed by atoms with E-state index in [0.717, 1.165) is 21.0 Å². The topological polar surface area (TPSA) is 65.3 Å². The number of nitro benzene ring substituents is 1. The van der Waals surface area contributed by atoms with Crippen LogP contribution in [0.5, 0.6) is 5.75 Å². The van der Waals surface area contributed by atoms with Crippen molar-refractivity contribution in [1.82, 2.24) is 4.98 Å². The number of non-ortho nitro benzene ring substituents is 1. The zero-order chi connectivity index (χ0) is 16.2. The highest BCUT2D eigenvalue weighted by Gasteiger charge is 2.09. The molecule has 0 atom stereocenters. The summed E-state index contributed by atoms with van der Waals surface area (Å²) in [5, 5.41) is 11.6. The molecule has 0 saturated carbocycles. The number of benzene rings is 2. The van der Waals surface area contributed by atoms with Crippen molar-refractivity contribution in [3.8, 4) is 5.75 Å². The van der Waals surface area contributed by atoms with E-state index < -0.39 is 4.92 Å². The summed E-state index contributed by atoms with van der Waals surface area (Å²) < 4.78 is 6.40. The van der Waals surface area contributed by atoms with Gasteiger partial charge in [-0.25, -0.2) is 4.98 Å². The van der Waals surface area contributed by atoms with Gasteiger partial charge in [-0.3, -0.25) is 10.1 Å². The van der Waals surface area contributed by atoms with E-state index in [2.05, 4.69) is 4.98 Å². The van der Waals surface area contributed by atoms with E-state index in [1.165, 1.54) is 23.5 Å². The maximum atomic E-state index is 10.8. The number of thiazole rings is 1. The molecule has 3 aromatic rings. The summed E-state index contributed by atoms with van der Waals surface area (Å²) in [6, 6.07) is 12.5. The van der Waals surface area contributed by atoms with E-state index in [1.54, 1.807) is 6.07 Å². The standard InChI is InChI=1S/C17H14N2O3S/c1-2-22-14-5-3-4-12(10-14)6-9-17-18-15-11-13(19(20)21)7-8-16(15)23-17/h3-11H,2H2,1H3/b9-6+. The van der Waals surface area contributed by atoms with Crippen LogP contribution in [0.1, 0.15) is 17.5 Å². The first-order valence-corrected chi connectivity index (χ1v) is 7.93. The lowest BCUT2D eigenvalue weighted by Crippen LogP contribution is -1.90. The molecule has 1 heterocycles. The number of nitrogens with zero attached hydrogens (tertiary/aromatic N) is 2. The average Bonchev–Trinajstić information content (AvgIpc) is 2.95. The molecule has 0 saturated heterocycles. The lowest BCUT2D eigenvalue weighted by Gasteiger charge is -2.02. The van der Waals surface area contributed by atoms with Crippen LogP contribution in [0.2, 0.25) is 0 Å². The quantitative estimate of drug-likeness (QED) is 0.500. The number of rotatable bonds is 5. The molecule has 0 aliphatic rings. The monoisotopic (exact) mass is 326 g/mol. The van der Waals surface area contributed by atoms with Crippen LogP contribution in [0.3, 0.4) is 0 Å². The minimum atomic E-state index is -0.409. The van der Waals surface area contributed by atoms with Crippen molar-refractivity contribution in [2.24, 2.45) is 0 Å². The number of nitro groups is 1. The molecule has 0 aliphatic carbocycles. The van der Waals surface area contributed by atoms with Crippen LogP contribution < -0.4 is 4.74 Å². The Labute approximate surface area is 137 Å². The molecule has 0 unspecified atom stereocenters. The second-order valence-electron chi connectivity index (χ2n) is 4.80. The molecule has 0 N–H and O–H groups in total. The Morgan fingerprint density at radius 2 is 2.13 bits per heavy atom. The van der Waals surface area contributed by atoms with Gasteiger partial charge in [0, 0.05) is 12.1 Å². The van der Waals surface area contributed by atoms with Crippen LogP contribution >= 0.6 is 11.3 Å². The van der Waals surface area contributed by atoms with Gasteiger partial charge < -0.3 is 4.74 Å². The van der Waals surface area contributed by atoms with Crippen molar-refractivity contribution in [1.29, 1.82) is 0 Å². The van der Waals surface area contributed by atoms with Crippen molar-refractivity contribution in [3.63, 3.8) is 0 Å². The molecule has 5 nitrogen and oxygen atoms in total. The maximum absolute atomic E-state index is 10.8. The minimum absolute atomic E-state index is 0.0581. The molecule has 116 valence electrons. The zero-order valence-electron chi connectivity index (χ0n) is 12.4. The predicted molar refractivity (Wildman–Crippen MR) is 92.8 cm³/mol. The van der Waals surface area contributed by atoms with Crippen LogP contribution in [0, 0.1) is 10.1 Å². The fourth-order valence-corrected chi connectivity index (χ4v) is 3.01. The summed E-state index contributed by atoms with van der Waals surface area (Å²) in [4.78, 5) is 14.8. The average molecular weight is 326 g/mol. The van der Waals surface area contributed by atoms with Gasteiger partial charge >= 0.3 is 0 Å². The Morgan fingerprint density at radius 1 is 1.26 bits per heavy atom. The SMILES string of the molecule is CCOc1cccc(/C=C/c2nc3cc([N+](=O)[O-])ccc3s2)c1. The van der Waals surface area contributed by atoms with Crippen molar-refractivity contribution in [2.45, 2.75) is 6.92 Å². The van der Waals surface area contributed by atoms with E-state index in [0.29, 0.717) is 12.1 Å². The Morgan fingerprint density at radius 3 is 2.91 bits per heavy atom. The summed E-state index contributed by atoms with van der Waals surface area (Å²) >= 11 is 1.50. The molecule has 0 bridgehead atoms. The summed E-state index contributed by atoms with van der Waals surface area (Å²) in [6.45, 7) is 2.58. The van der Waals surface area contributed by atoms with Crippen LogP contribution in [0.25, 0.3) is 22.4 Å². The van der Waals surface area contributed by atoms with E-state index in [1.807, 2.05) is 43.3 Å². The predicted octanol–water partition coefficient (Wildman–Crippen LogP) is 4.77. The number of ether oxygens (including phenoxy) is 1. The molecule has 2 aromatic carbocycles. The molecule has 0 radical (unpaired) electrons. The third kappa shape index (κ3) is 3.54. The molecule has 1 aromatic heterocycles. The van der Waals surface area contributed by atoms with Gasteiger partial charge in [-0.05, 0) is 36.8 Å². The highest BCUT2D eigenvalue weighted by Crippen LogP contribution is 2.27. The lowest BCUT2D eigenvalue weighted by molar-refractivity contribution is -0.384. The fraction of sp³-hybridized carbons (Fsp3) is 0.118. The van der Waals surface area contributed by atoms with Crippen molar-refractivity contribution >= 4 is 39.4 Å². The van der Waals surface area contributed by atoms with Gasteiger partial charge in [-0.2, -0.15) is 0 Å². The van der Waals surface area contributed by atoms with Gasteiger partial charge in [-0.1, -0.05) is 18.2 Å². The molecule has 3 rings (SSSR count). The fourth-order valence-electron chi connectivity index (χ4n) is 2.16. The van der Waals surface area contributed by atoms with Crippen molar-refractivity contribution in [3.05, 3.63) is 63.1 Å². The van der Waals surface area contributed by atoms with Gasteiger partial charge in [-0.15, -0.1) is 11.3 Å². The summed E-state index contributed by atoms with van der Waals surface area (Å²) in [6.07, 6.45) is 3.86. The molecule has 0 spiro atoms. The number of hydrogen-bond acceptors (Lipinski definition) is 5. The molecular weight excluding hydrogens is 312 g/mol. The first-order chi connectivity index (χ1) is 11.2. The summed E-state index contributed by atoms with van der Waals surface area (Å²) in [5.41, 5.74) is 1.72. The highest BCUT2D eigenvalue weighted by molar-refractivity contribution is 7.19. The Hall–Kier alpha value is -2.73. The molecule has 0 aliphatic heterocycles. The Kier molecular flexibility index (Phi) is 4.34. The van der Waals surface area contributed by atoms with Gasteiger partial charge in [0.15, 0.2) is 0 Å². The second kappa shape index (κ2) is 6.58. The Balaban J connectivity index is 1.86. The third-order valence-corrected chi connectivity index (χ3v) is 4.19. The maximum Gasteiger partial charge on any atom is 0.271 e. The molecular formula is C17H14N2O3S. The van der Waals surface area contributed by atoms with Gasteiger partial charge in [0.25, 0.3) is 5.69 Å². The van der Waals surface area contributed by atoms with Gasteiger partial charge in [0.1, 0.15) is 10.8 Å². The van der Waals surface area contributed by atoms with Crippen molar-refractivity contribution in [2.75, 3.05) is 6.61 Å². The van der Waals surface area contributed by atoms with Crippen molar-refractivity contribution < 1.29 is 9.66 Å². The first-order valence-electron chi connectivity index (χ1n) is 7.11. The Bertz CT molecular complexity index is 886. The zero-order valence-corrected chi connectivity index (χ0v) is 13.2. The molecule has 23 heavy (non-hydrogen) atoms. The number of fused-ring (bicyclic) bond motifs is 1. The second-order valence-corrected chi connectivity index (χ2v) is 5.86. The van der Waals surface area contributed by atoms with Crippen LogP contribution in [0.15, 0.2) is 42.5 Å². The smallest absolute Gasteiger partial charge is 0.271 e. The lowest BCUT2D eigenvalue weighted by atomic mass is 10.2. The molecule has 0 fully saturated rings. The highest BCUT2D eigenvalue weighted by atomic mass is 32.1. The van der Waals surface area contributed by atoms with E-state index in [4.69, 9.17) is 4.74 Å². The van der Waals surface area contributed by atoms with Crippen LogP contribution in [0.4, 0.5) is 5.69 Å². The van der Waals surface area contributed by atoms with E-state index in [-0.39, 0.29) is 5.69 Å². The molecule has 0 amide bonds. The van der Waals surface area contributed by atoms with Crippen LogP contribution in [-0.4, -0.2) is 16.5 Å². The minimum Gasteiger partial charge on any atom is -0.494 e. The first kappa shape index (κ1) is 15.2. The van der Waals surface area contributed by atoms with Gasteiger partial charge in [0.05, 0.1) is 21.7 Å². The van der Waals surface area contributed by atoms with E-state index >= 15 is 0 Å². The van der Waals surface area contributed by atoms with E-state index in [9.17, 15) is 10.1 Å². The summed E-state index contributed by atoms with van der Waals surface area (Å²) in [5.74, 6) is 0.828. The van der Waals surface area contributed by atoms with Crippen LogP contribution in [-0.2, 0) is 0 Å². The van der Waals surface area contributed by atoms with Gasteiger partial charge in [0.2, 0.25) is 0 Å². The third-order valence-electron chi connectivity index (χ3n) is 3.19. The number of aromatic nitrogens is 1. The number of hydrogen-bond donors (Lipinski definition) is 0. The molecule has 6 heteroatoms. The summed E-state index contributed by atoms with van der Waals surface area (Å²) in [7, 11) is 0. The normalized spacial score (nSPS) is 11.2. The largest absolute Gasteiger partial charge is 0.494 e.